The third kappa shape index (κ3) is 3.23. The Labute approximate surface area is 107 Å². The Hall–Kier alpha value is -1.55. The molecule has 0 fully saturated rings. The quantitative estimate of drug-likeness (QED) is 0.619. The molecule has 1 heterocycles. The van der Waals surface area contributed by atoms with Crippen molar-refractivity contribution in [2.75, 3.05) is 26.3 Å². The average molecular weight is 249 g/mol. The number of hydrogen-bond donors (Lipinski definition) is 1. The van der Waals surface area contributed by atoms with Gasteiger partial charge in [0.1, 0.15) is 13.2 Å². The van der Waals surface area contributed by atoms with Crippen LogP contribution in [0.25, 0.3) is 0 Å². The van der Waals surface area contributed by atoms with Crippen molar-refractivity contribution in [3.05, 3.63) is 23.8 Å². The second-order valence-corrected chi connectivity index (χ2v) is 4.31. The summed E-state index contributed by atoms with van der Waals surface area (Å²) in [5, 5.41) is 3.14. The molecule has 18 heavy (non-hydrogen) atoms. The van der Waals surface area contributed by atoms with Crippen LogP contribution in [0.4, 0.5) is 0 Å². The molecule has 1 aliphatic heterocycles. The topological polar surface area (TPSA) is 47.6 Å². The molecule has 0 spiro atoms. The van der Waals surface area contributed by atoms with E-state index in [0.717, 1.165) is 25.1 Å². The van der Waals surface area contributed by atoms with E-state index in [9.17, 15) is 4.79 Å². The van der Waals surface area contributed by atoms with Gasteiger partial charge in [-0.1, -0.05) is 13.3 Å². The molecule has 4 heteroatoms. The molecular weight excluding hydrogens is 230 g/mol. The zero-order valence-corrected chi connectivity index (χ0v) is 10.7. The highest BCUT2D eigenvalue weighted by Crippen LogP contribution is 2.30. The summed E-state index contributed by atoms with van der Waals surface area (Å²) in [5.74, 6) is 1.47. The van der Waals surface area contributed by atoms with Crippen molar-refractivity contribution in [2.24, 2.45) is 0 Å². The Bertz CT molecular complexity index is 418. The Morgan fingerprint density at radius 2 is 2.06 bits per heavy atom. The first-order chi connectivity index (χ1) is 8.81. The normalized spacial score (nSPS) is 13.4. The van der Waals surface area contributed by atoms with Crippen LogP contribution in [0.2, 0.25) is 0 Å². The number of hydrogen-bond acceptors (Lipinski definition) is 4. The fraction of sp³-hybridized carbons (Fsp3) is 0.500. The van der Waals surface area contributed by atoms with Crippen LogP contribution in [0.3, 0.4) is 0 Å². The van der Waals surface area contributed by atoms with E-state index in [1.807, 2.05) is 0 Å². The van der Waals surface area contributed by atoms with Gasteiger partial charge in [0.15, 0.2) is 17.3 Å². The molecule has 0 saturated heterocycles. The SMILES string of the molecule is CCCCNCC(=O)c1ccc2c(c1)OCCO2. The molecule has 0 radical (unpaired) electrons. The van der Waals surface area contributed by atoms with E-state index < -0.39 is 0 Å². The lowest BCUT2D eigenvalue weighted by Gasteiger charge is -2.18. The van der Waals surface area contributed by atoms with E-state index in [0.29, 0.717) is 31.1 Å². The highest BCUT2D eigenvalue weighted by molar-refractivity contribution is 5.98. The highest BCUT2D eigenvalue weighted by Gasteiger charge is 2.14. The van der Waals surface area contributed by atoms with E-state index in [4.69, 9.17) is 9.47 Å². The van der Waals surface area contributed by atoms with Crippen molar-refractivity contribution in [2.45, 2.75) is 19.8 Å². The van der Waals surface area contributed by atoms with E-state index in [1.165, 1.54) is 0 Å². The van der Waals surface area contributed by atoms with Gasteiger partial charge in [0.25, 0.3) is 0 Å². The number of Topliss-reactive ketones (excluding diaryl/α,β-unsaturated/α-hetero) is 1. The number of fused-ring (bicyclic) bond motifs is 1. The molecule has 1 aromatic rings. The van der Waals surface area contributed by atoms with Gasteiger partial charge in [-0.05, 0) is 31.2 Å². The van der Waals surface area contributed by atoms with Crippen LogP contribution in [0.15, 0.2) is 18.2 Å². The third-order valence-corrected chi connectivity index (χ3v) is 2.86. The van der Waals surface area contributed by atoms with Crippen molar-refractivity contribution in [3.8, 4) is 11.5 Å². The largest absolute Gasteiger partial charge is 0.486 e. The molecule has 2 rings (SSSR count). The zero-order valence-electron chi connectivity index (χ0n) is 10.7. The van der Waals surface area contributed by atoms with E-state index in [2.05, 4.69) is 12.2 Å². The van der Waals surface area contributed by atoms with E-state index in [-0.39, 0.29) is 5.78 Å². The van der Waals surface area contributed by atoms with Gasteiger partial charge in [-0.3, -0.25) is 4.79 Å². The molecule has 1 aromatic carbocycles. The lowest BCUT2D eigenvalue weighted by Crippen LogP contribution is -2.24. The van der Waals surface area contributed by atoms with Gasteiger partial charge in [0.05, 0.1) is 6.54 Å². The molecule has 0 aromatic heterocycles. The summed E-state index contributed by atoms with van der Waals surface area (Å²) < 4.78 is 10.9. The number of ether oxygens (including phenoxy) is 2. The van der Waals surface area contributed by atoms with Gasteiger partial charge in [0, 0.05) is 5.56 Å². The van der Waals surface area contributed by atoms with Crippen LogP contribution in [0.5, 0.6) is 11.5 Å². The number of benzene rings is 1. The Morgan fingerprint density at radius 1 is 1.28 bits per heavy atom. The summed E-state index contributed by atoms with van der Waals surface area (Å²) in [7, 11) is 0. The fourth-order valence-corrected chi connectivity index (χ4v) is 1.82. The Morgan fingerprint density at radius 3 is 2.83 bits per heavy atom. The van der Waals surface area contributed by atoms with Gasteiger partial charge in [-0.15, -0.1) is 0 Å². The van der Waals surface area contributed by atoms with Crippen molar-refractivity contribution >= 4 is 5.78 Å². The second-order valence-electron chi connectivity index (χ2n) is 4.31. The summed E-state index contributed by atoms with van der Waals surface area (Å²) >= 11 is 0. The minimum absolute atomic E-state index is 0.0862. The zero-order chi connectivity index (χ0) is 12.8. The maximum absolute atomic E-state index is 11.9. The molecule has 0 aliphatic carbocycles. The Kier molecular flexibility index (Phi) is 4.59. The first kappa shape index (κ1) is 12.9. The number of carbonyl (C=O) groups excluding carboxylic acids is 1. The maximum Gasteiger partial charge on any atom is 0.176 e. The van der Waals surface area contributed by atoms with Gasteiger partial charge < -0.3 is 14.8 Å². The van der Waals surface area contributed by atoms with Gasteiger partial charge >= 0.3 is 0 Å². The van der Waals surface area contributed by atoms with Gasteiger partial charge in [-0.25, -0.2) is 0 Å². The third-order valence-electron chi connectivity index (χ3n) is 2.86. The number of ketones is 1. The maximum atomic E-state index is 11.9. The number of unbranched alkanes of at least 4 members (excludes halogenated alkanes) is 1. The molecule has 1 aliphatic rings. The summed E-state index contributed by atoms with van der Waals surface area (Å²) in [5.41, 5.74) is 0.670. The molecule has 0 bridgehead atoms. The van der Waals surface area contributed by atoms with Crippen molar-refractivity contribution in [1.82, 2.24) is 5.32 Å². The summed E-state index contributed by atoms with van der Waals surface area (Å²) in [6.07, 6.45) is 2.22. The van der Waals surface area contributed by atoms with E-state index >= 15 is 0 Å². The van der Waals surface area contributed by atoms with Gasteiger partial charge in [0.2, 0.25) is 0 Å². The number of rotatable bonds is 6. The molecule has 4 nitrogen and oxygen atoms in total. The van der Waals surface area contributed by atoms with E-state index in [1.54, 1.807) is 18.2 Å². The summed E-state index contributed by atoms with van der Waals surface area (Å²) in [6.45, 7) is 4.50. The van der Waals surface area contributed by atoms with Gasteiger partial charge in [-0.2, -0.15) is 0 Å². The molecule has 1 N–H and O–H groups in total. The number of nitrogens with one attached hydrogen (secondary N) is 1. The number of carbonyl (C=O) groups is 1. The molecule has 0 amide bonds. The minimum atomic E-state index is 0.0862. The first-order valence-electron chi connectivity index (χ1n) is 6.45. The van der Waals surface area contributed by atoms with Crippen molar-refractivity contribution in [1.29, 1.82) is 0 Å². The molecule has 98 valence electrons. The lowest BCUT2D eigenvalue weighted by atomic mass is 10.1. The van der Waals surface area contributed by atoms with Crippen LogP contribution in [0.1, 0.15) is 30.1 Å². The van der Waals surface area contributed by atoms with Crippen LogP contribution >= 0.6 is 0 Å². The van der Waals surface area contributed by atoms with Crippen LogP contribution < -0.4 is 14.8 Å². The van der Waals surface area contributed by atoms with Crippen LogP contribution in [-0.2, 0) is 0 Å². The molecule has 0 saturated carbocycles. The summed E-state index contributed by atoms with van der Waals surface area (Å²) in [6, 6.07) is 5.35. The fourth-order valence-electron chi connectivity index (χ4n) is 1.82. The molecular formula is C14H19NO3. The van der Waals surface area contributed by atoms with Crippen LogP contribution in [-0.4, -0.2) is 32.1 Å². The monoisotopic (exact) mass is 249 g/mol. The standard InChI is InChI=1S/C14H19NO3/c1-2-3-6-15-10-12(16)11-4-5-13-14(9-11)18-8-7-17-13/h4-5,9,15H,2-3,6-8,10H2,1H3. The lowest BCUT2D eigenvalue weighted by molar-refractivity contribution is 0.0990. The Balaban J connectivity index is 1.94. The van der Waals surface area contributed by atoms with Crippen molar-refractivity contribution in [3.63, 3.8) is 0 Å². The average Bonchev–Trinajstić information content (AvgIpc) is 2.43. The summed E-state index contributed by atoms with van der Waals surface area (Å²) in [4.78, 5) is 11.9. The minimum Gasteiger partial charge on any atom is -0.486 e. The second kappa shape index (κ2) is 6.40. The smallest absolute Gasteiger partial charge is 0.176 e. The predicted octanol–water partition coefficient (Wildman–Crippen LogP) is 2.03. The van der Waals surface area contributed by atoms with Crippen molar-refractivity contribution < 1.29 is 14.3 Å². The first-order valence-corrected chi connectivity index (χ1v) is 6.45. The highest BCUT2D eigenvalue weighted by atomic mass is 16.6. The predicted molar refractivity (Wildman–Crippen MR) is 69.5 cm³/mol. The molecule has 0 atom stereocenters. The molecule has 0 unspecified atom stereocenters. The van der Waals surface area contributed by atoms with Crippen LogP contribution in [0, 0.1) is 0 Å².